The number of anilines is 1. The largest absolute Gasteiger partial charge is 0.491 e. The number of imide groups is 1. The van der Waals surface area contributed by atoms with Crippen LogP contribution in [-0.2, 0) is 16.1 Å². The van der Waals surface area contributed by atoms with Crippen molar-refractivity contribution >= 4 is 23.1 Å². The Balaban J connectivity index is 1.72. The van der Waals surface area contributed by atoms with E-state index in [1.54, 1.807) is 24.3 Å². The van der Waals surface area contributed by atoms with Crippen LogP contribution in [0.25, 0.3) is 5.57 Å². The molecule has 174 valence electrons. The highest BCUT2D eigenvalue weighted by Gasteiger charge is 2.39. The Bertz CT molecular complexity index is 1270. The lowest BCUT2D eigenvalue weighted by atomic mass is 10.0. The first-order valence-corrected chi connectivity index (χ1v) is 10.9. The summed E-state index contributed by atoms with van der Waals surface area (Å²) in [4.78, 5) is 27.9. The Kier molecular flexibility index (Phi) is 6.45. The van der Waals surface area contributed by atoms with E-state index < -0.39 is 23.4 Å². The van der Waals surface area contributed by atoms with Crippen LogP contribution in [0.3, 0.4) is 0 Å². The first kappa shape index (κ1) is 23.2. The molecule has 0 atom stereocenters. The molecule has 1 aliphatic rings. The predicted molar refractivity (Wildman–Crippen MR) is 126 cm³/mol. The SMILES string of the molecule is Cc1ccc(CN2C(=O)C(Nc3ccc(F)c(F)c3)=C(c3ccc(OC(C)C)cc3)C2=O)cc1. The molecule has 0 bridgehead atoms. The molecular formula is C27H24F2N2O3. The molecule has 34 heavy (non-hydrogen) atoms. The third-order valence-corrected chi connectivity index (χ3v) is 5.33. The summed E-state index contributed by atoms with van der Waals surface area (Å²) in [6, 6.07) is 17.6. The molecule has 0 saturated carbocycles. The van der Waals surface area contributed by atoms with Gasteiger partial charge < -0.3 is 10.1 Å². The van der Waals surface area contributed by atoms with E-state index >= 15 is 0 Å². The molecule has 3 aromatic rings. The van der Waals surface area contributed by atoms with Crippen molar-refractivity contribution in [1.82, 2.24) is 4.90 Å². The van der Waals surface area contributed by atoms with Gasteiger partial charge in [-0.05, 0) is 56.2 Å². The van der Waals surface area contributed by atoms with Gasteiger partial charge in [-0.15, -0.1) is 0 Å². The molecule has 1 aliphatic heterocycles. The number of nitrogens with one attached hydrogen (secondary N) is 1. The average Bonchev–Trinajstić information content (AvgIpc) is 3.02. The topological polar surface area (TPSA) is 58.6 Å². The van der Waals surface area contributed by atoms with Crippen molar-refractivity contribution in [3.8, 4) is 5.75 Å². The van der Waals surface area contributed by atoms with Gasteiger partial charge in [-0.25, -0.2) is 8.78 Å². The van der Waals surface area contributed by atoms with E-state index in [4.69, 9.17) is 4.74 Å². The first-order valence-electron chi connectivity index (χ1n) is 10.9. The second-order valence-electron chi connectivity index (χ2n) is 8.38. The second-order valence-corrected chi connectivity index (χ2v) is 8.38. The van der Waals surface area contributed by atoms with Crippen molar-refractivity contribution in [2.24, 2.45) is 0 Å². The van der Waals surface area contributed by atoms with Crippen LogP contribution in [-0.4, -0.2) is 22.8 Å². The zero-order valence-electron chi connectivity index (χ0n) is 19.1. The highest BCUT2D eigenvalue weighted by molar-refractivity contribution is 6.36. The second kappa shape index (κ2) is 9.47. The molecule has 1 heterocycles. The number of halogens is 2. The fourth-order valence-electron chi connectivity index (χ4n) is 3.67. The van der Waals surface area contributed by atoms with Crippen LogP contribution in [0.4, 0.5) is 14.5 Å². The van der Waals surface area contributed by atoms with Crippen LogP contribution in [0.5, 0.6) is 5.75 Å². The summed E-state index contributed by atoms with van der Waals surface area (Å²) in [5.74, 6) is -2.46. The lowest BCUT2D eigenvalue weighted by Gasteiger charge is -2.16. The van der Waals surface area contributed by atoms with Crippen LogP contribution >= 0.6 is 0 Å². The molecule has 0 radical (unpaired) electrons. The third-order valence-electron chi connectivity index (χ3n) is 5.33. The number of hydrogen-bond acceptors (Lipinski definition) is 4. The smallest absolute Gasteiger partial charge is 0.278 e. The number of benzene rings is 3. The van der Waals surface area contributed by atoms with Crippen molar-refractivity contribution < 1.29 is 23.1 Å². The Morgan fingerprint density at radius 3 is 2.18 bits per heavy atom. The maximum atomic E-state index is 13.8. The Morgan fingerprint density at radius 2 is 1.56 bits per heavy atom. The Labute approximate surface area is 196 Å². The lowest BCUT2D eigenvalue weighted by molar-refractivity contribution is -0.137. The van der Waals surface area contributed by atoms with E-state index in [-0.39, 0.29) is 29.6 Å². The number of rotatable bonds is 7. The van der Waals surface area contributed by atoms with E-state index in [1.807, 2.05) is 45.0 Å². The molecule has 0 saturated heterocycles. The molecule has 3 aromatic carbocycles. The average molecular weight is 462 g/mol. The van der Waals surface area contributed by atoms with Gasteiger partial charge in [0, 0.05) is 11.8 Å². The van der Waals surface area contributed by atoms with Crippen molar-refractivity contribution in [3.05, 3.63) is 101 Å². The van der Waals surface area contributed by atoms with Crippen LogP contribution < -0.4 is 10.1 Å². The summed E-state index contributed by atoms with van der Waals surface area (Å²) in [5.41, 5.74) is 2.67. The molecule has 4 rings (SSSR count). The third kappa shape index (κ3) is 4.83. The summed E-state index contributed by atoms with van der Waals surface area (Å²) in [6.07, 6.45) is -0.0182. The number of carbonyl (C=O) groups excluding carboxylic acids is 2. The molecule has 0 aliphatic carbocycles. The van der Waals surface area contributed by atoms with Gasteiger partial charge in [0.15, 0.2) is 11.6 Å². The van der Waals surface area contributed by atoms with Gasteiger partial charge >= 0.3 is 0 Å². The van der Waals surface area contributed by atoms with E-state index in [2.05, 4.69) is 5.32 Å². The van der Waals surface area contributed by atoms with Crippen molar-refractivity contribution in [1.29, 1.82) is 0 Å². The minimum atomic E-state index is -1.06. The van der Waals surface area contributed by atoms with Crippen molar-refractivity contribution in [2.45, 2.75) is 33.4 Å². The summed E-state index contributed by atoms with van der Waals surface area (Å²) >= 11 is 0. The van der Waals surface area contributed by atoms with Crippen LogP contribution in [0.1, 0.15) is 30.5 Å². The van der Waals surface area contributed by atoms with Gasteiger partial charge in [-0.2, -0.15) is 0 Å². The maximum absolute atomic E-state index is 13.8. The van der Waals surface area contributed by atoms with Gasteiger partial charge in [0.25, 0.3) is 11.8 Å². The molecule has 7 heteroatoms. The number of hydrogen-bond donors (Lipinski definition) is 1. The monoisotopic (exact) mass is 462 g/mol. The quantitative estimate of drug-likeness (QED) is 0.474. The van der Waals surface area contributed by atoms with E-state index in [9.17, 15) is 18.4 Å². The Morgan fingerprint density at radius 1 is 0.882 bits per heavy atom. The molecule has 0 aromatic heterocycles. The molecule has 0 spiro atoms. The lowest BCUT2D eigenvalue weighted by Crippen LogP contribution is -2.32. The predicted octanol–water partition coefficient (Wildman–Crippen LogP) is 5.45. The molecule has 5 nitrogen and oxygen atoms in total. The zero-order valence-corrected chi connectivity index (χ0v) is 19.1. The summed E-state index contributed by atoms with van der Waals surface area (Å²) in [5, 5.41) is 2.84. The van der Waals surface area contributed by atoms with E-state index in [0.717, 1.165) is 28.2 Å². The van der Waals surface area contributed by atoms with Gasteiger partial charge in [0.05, 0.1) is 18.2 Å². The van der Waals surface area contributed by atoms with Crippen LogP contribution in [0.2, 0.25) is 0 Å². The van der Waals surface area contributed by atoms with Gasteiger partial charge in [-0.1, -0.05) is 42.0 Å². The fraction of sp³-hybridized carbons (Fsp3) is 0.185. The standard InChI is InChI=1S/C27H24F2N2O3/c1-16(2)34-21-11-8-19(9-12-21)24-25(30-20-10-13-22(28)23(29)14-20)27(33)31(26(24)32)15-18-6-4-17(3)5-7-18/h4-14,16,30H,15H2,1-3H3. The number of ether oxygens (including phenoxy) is 1. The highest BCUT2D eigenvalue weighted by Crippen LogP contribution is 2.32. The fourth-order valence-corrected chi connectivity index (χ4v) is 3.67. The zero-order chi connectivity index (χ0) is 24.4. The molecule has 0 fully saturated rings. The number of aryl methyl sites for hydroxylation is 1. The number of amides is 2. The molecule has 2 amide bonds. The summed E-state index contributed by atoms with van der Waals surface area (Å²) in [6.45, 7) is 5.84. The first-order chi connectivity index (χ1) is 16.2. The van der Waals surface area contributed by atoms with Gasteiger partial charge in [-0.3, -0.25) is 14.5 Å². The van der Waals surface area contributed by atoms with Gasteiger partial charge in [0.1, 0.15) is 11.4 Å². The Hall–Kier alpha value is -4.00. The van der Waals surface area contributed by atoms with Crippen LogP contribution in [0, 0.1) is 18.6 Å². The number of carbonyl (C=O) groups is 2. The van der Waals surface area contributed by atoms with E-state index in [0.29, 0.717) is 11.3 Å². The highest BCUT2D eigenvalue weighted by atomic mass is 19.2. The van der Waals surface area contributed by atoms with Crippen molar-refractivity contribution in [3.63, 3.8) is 0 Å². The maximum Gasteiger partial charge on any atom is 0.278 e. The summed E-state index contributed by atoms with van der Waals surface area (Å²) < 4.78 is 32.8. The minimum Gasteiger partial charge on any atom is -0.491 e. The summed E-state index contributed by atoms with van der Waals surface area (Å²) in [7, 11) is 0. The minimum absolute atomic E-state index is 0.000600. The molecular weight excluding hydrogens is 438 g/mol. The van der Waals surface area contributed by atoms with Gasteiger partial charge in [0.2, 0.25) is 0 Å². The number of nitrogens with zero attached hydrogens (tertiary/aromatic N) is 1. The van der Waals surface area contributed by atoms with Crippen molar-refractivity contribution in [2.75, 3.05) is 5.32 Å². The normalized spacial score (nSPS) is 13.8. The van der Waals surface area contributed by atoms with Crippen LogP contribution in [0.15, 0.2) is 72.4 Å². The molecule has 0 unspecified atom stereocenters. The van der Waals surface area contributed by atoms with E-state index in [1.165, 1.54) is 6.07 Å². The molecule has 1 N–H and O–H groups in total.